The lowest BCUT2D eigenvalue weighted by Gasteiger charge is -2.34. The Morgan fingerprint density at radius 1 is 1.41 bits per heavy atom. The maximum absolute atomic E-state index is 11.7. The van der Waals surface area contributed by atoms with E-state index in [1.165, 1.54) is 0 Å². The van der Waals surface area contributed by atoms with Crippen LogP contribution in [0, 0.1) is 12.3 Å². The van der Waals surface area contributed by atoms with Crippen molar-refractivity contribution in [3.63, 3.8) is 0 Å². The molecule has 0 spiro atoms. The van der Waals surface area contributed by atoms with Crippen LogP contribution < -0.4 is 11.1 Å². The molecule has 1 fully saturated rings. The quantitative estimate of drug-likeness (QED) is 0.612. The first-order chi connectivity index (χ1) is 8.02. The van der Waals surface area contributed by atoms with Crippen LogP contribution in [0.5, 0.6) is 0 Å². The molecule has 1 amide bonds. The second kappa shape index (κ2) is 5.69. The number of hydrogen-bond acceptors (Lipinski definition) is 3. The Kier molecular flexibility index (Phi) is 4.53. The molecule has 1 aliphatic carbocycles. The van der Waals surface area contributed by atoms with Crippen molar-refractivity contribution < 1.29 is 14.7 Å². The number of carbonyl (C=O) groups is 2. The number of nitrogens with one attached hydrogen (secondary N) is 1. The minimum atomic E-state index is -1.15. The first-order valence-corrected chi connectivity index (χ1v) is 5.76. The molecule has 4 N–H and O–H groups in total. The summed E-state index contributed by atoms with van der Waals surface area (Å²) in [5.74, 6) is 0.827. The molecule has 94 valence electrons. The first kappa shape index (κ1) is 13.5. The zero-order valence-electron chi connectivity index (χ0n) is 9.74. The molecule has 0 aromatic rings. The summed E-state index contributed by atoms with van der Waals surface area (Å²) in [6, 6.07) is -0.835. The van der Waals surface area contributed by atoms with E-state index in [1.807, 2.05) is 0 Å². The predicted molar refractivity (Wildman–Crippen MR) is 63.0 cm³/mol. The highest BCUT2D eigenvalue weighted by Crippen LogP contribution is 2.28. The number of hydrogen-bond donors (Lipinski definition) is 3. The van der Waals surface area contributed by atoms with Crippen molar-refractivity contribution in [3.8, 4) is 12.3 Å². The van der Waals surface area contributed by atoms with E-state index in [0.717, 1.165) is 19.3 Å². The molecule has 1 rings (SSSR count). The molecule has 0 bridgehead atoms. The molecule has 1 unspecified atom stereocenters. The maximum Gasteiger partial charge on any atom is 0.329 e. The molecule has 5 heteroatoms. The second-order valence-corrected chi connectivity index (χ2v) is 4.45. The normalized spacial score (nSPS) is 20.0. The summed E-state index contributed by atoms with van der Waals surface area (Å²) in [7, 11) is 0. The summed E-state index contributed by atoms with van der Waals surface area (Å²) < 4.78 is 0. The minimum absolute atomic E-state index is 0.113. The third kappa shape index (κ3) is 3.21. The Bertz CT molecular complexity index is 340. The van der Waals surface area contributed by atoms with Gasteiger partial charge in [0.2, 0.25) is 5.91 Å². The summed E-state index contributed by atoms with van der Waals surface area (Å²) in [5, 5.41) is 11.8. The van der Waals surface area contributed by atoms with E-state index in [0.29, 0.717) is 12.8 Å². The molecule has 1 atom stereocenters. The third-order valence-corrected chi connectivity index (χ3v) is 3.15. The highest BCUT2D eigenvalue weighted by molar-refractivity contribution is 5.89. The van der Waals surface area contributed by atoms with Crippen LogP contribution in [-0.2, 0) is 9.59 Å². The van der Waals surface area contributed by atoms with Gasteiger partial charge in [-0.3, -0.25) is 4.79 Å². The molecular weight excluding hydrogens is 220 g/mol. The summed E-state index contributed by atoms with van der Waals surface area (Å²) >= 11 is 0. The zero-order chi connectivity index (χ0) is 12.9. The van der Waals surface area contributed by atoms with Gasteiger partial charge in [0.1, 0.15) is 5.54 Å². The van der Waals surface area contributed by atoms with Crippen molar-refractivity contribution in [1.82, 2.24) is 5.32 Å². The van der Waals surface area contributed by atoms with Crippen LogP contribution in [0.1, 0.15) is 38.5 Å². The molecule has 0 aromatic heterocycles. The smallest absolute Gasteiger partial charge is 0.329 e. The van der Waals surface area contributed by atoms with E-state index >= 15 is 0 Å². The van der Waals surface area contributed by atoms with Crippen LogP contribution in [0.15, 0.2) is 0 Å². The lowest BCUT2D eigenvalue weighted by molar-refractivity contribution is -0.149. The number of terminal acetylenes is 1. The van der Waals surface area contributed by atoms with Gasteiger partial charge in [0.05, 0.1) is 6.04 Å². The lowest BCUT2D eigenvalue weighted by Crippen LogP contribution is -2.58. The number of aliphatic carboxylic acids is 1. The number of nitrogens with two attached hydrogens (primary N) is 1. The van der Waals surface area contributed by atoms with Crippen LogP contribution in [-0.4, -0.2) is 28.6 Å². The van der Waals surface area contributed by atoms with E-state index in [1.54, 1.807) is 0 Å². The summed E-state index contributed by atoms with van der Waals surface area (Å²) in [6.07, 6.45) is 8.70. The molecule has 0 radical (unpaired) electrons. The first-order valence-electron chi connectivity index (χ1n) is 5.76. The lowest BCUT2D eigenvalue weighted by atomic mass is 9.81. The van der Waals surface area contributed by atoms with E-state index in [9.17, 15) is 14.7 Å². The summed E-state index contributed by atoms with van der Waals surface area (Å²) in [4.78, 5) is 23.0. The Labute approximate surface area is 101 Å². The Balaban J connectivity index is 2.70. The Morgan fingerprint density at radius 2 is 2.00 bits per heavy atom. The number of carboxylic acids is 1. The van der Waals surface area contributed by atoms with Gasteiger partial charge in [-0.1, -0.05) is 19.3 Å². The van der Waals surface area contributed by atoms with Crippen LogP contribution in [0.25, 0.3) is 0 Å². The average molecular weight is 238 g/mol. The van der Waals surface area contributed by atoms with E-state index in [4.69, 9.17) is 12.2 Å². The van der Waals surface area contributed by atoms with Gasteiger partial charge in [-0.15, -0.1) is 12.3 Å². The Hall–Kier alpha value is -1.54. The van der Waals surface area contributed by atoms with Gasteiger partial charge in [0.15, 0.2) is 0 Å². The van der Waals surface area contributed by atoms with Gasteiger partial charge in [-0.05, 0) is 12.8 Å². The highest BCUT2D eigenvalue weighted by Gasteiger charge is 2.41. The molecular formula is C12H18N2O3. The topological polar surface area (TPSA) is 92.4 Å². The predicted octanol–water partition coefficient (Wildman–Crippen LogP) is 0.241. The number of amides is 1. The molecule has 1 saturated carbocycles. The van der Waals surface area contributed by atoms with Crippen molar-refractivity contribution in [1.29, 1.82) is 0 Å². The van der Waals surface area contributed by atoms with Crippen molar-refractivity contribution in [2.45, 2.75) is 50.1 Å². The fourth-order valence-corrected chi connectivity index (χ4v) is 2.10. The van der Waals surface area contributed by atoms with Crippen molar-refractivity contribution in [3.05, 3.63) is 0 Å². The van der Waals surface area contributed by atoms with Crippen LogP contribution in [0.2, 0.25) is 0 Å². The van der Waals surface area contributed by atoms with Gasteiger partial charge in [-0.2, -0.15) is 0 Å². The molecule has 0 heterocycles. The second-order valence-electron chi connectivity index (χ2n) is 4.45. The van der Waals surface area contributed by atoms with Gasteiger partial charge in [0, 0.05) is 6.42 Å². The largest absolute Gasteiger partial charge is 0.480 e. The van der Waals surface area contributed by atoms with E-state index in [-0.39, 0.29) is 6.42 Å². The number of carbonyl (C=O) groups excluding carboxylic acids is 1. The number of carboxylic acid groups (broad SMARTS) is 1. The van der Waals surface area contributed by atoms with Gasteiger partial charge in [-0.25, -0.2) is 4.79 Å². The highest BCUT2D eigenvalue weighted by atomic mass is 16.4. The molecule has 0 aromatic carbocycles. The van der Waals surface area contributed by atoms with Crippen LogP contribution in [0.3, 0.4) is 0 Å². The summed E-state index contributed by atoms with van der Waals surface area (Å²) in [6.45, 7) is 0. The third-order valence-electron chi connectivity index (χ3n) is 3.15. The van der Waals surface area contributed by atoms with Gasteiger partial charge in [0.25, 0.3) is 0 Å². The molecule has 0 saturated heterocycles. The molecule has 5 nitrogen and oxygen atoms in total. The van der Waals surface area contributed by atoms with Gasteiger partial charge < -0.3 is 16.2 Å². The fraction of sp³-hybridized carbons (Fsp3) is 0.667. The van der Waals surface area contributed by atoms with Crippen molar-refractivity contribution >= 4 is 11.9 Å². The number of rotatable bonds is 4. The summed E-state index contributed by atoms with van der Waals surface area (Å²) in [5.41, 5.74) is 4.41. The van der Waals surface area contributed by atoms with E-state index < -0.39 is 23.5 Å². The molecule has 17 heavy (non-hydrogen) atoms. The van der Waals surface area contributed by atoms with Crippen molar-refractivity contribution in [2.75, 3.05) is 0 Å². The Morgan fingerprint density at radius 3 is 2.47 bits per heavy atom. The van der Waals surface area contributed by atoms with Crippen molar-refractivity contribution in [2.24, 2.45) is 5.73 Å². The fourth-order valence-electron chi connectivity index (χ4n) is 2.10. The monoisotopic (exact) mass is 238 g/mol. The van der Waals surface area contributed by atoms with Gasteiger partial charge >= 0.3 is 5.97 Å². The molecule has 1 aliphatic rings. The minimum Gasteiger partial charge on any atom is -0.480 e. The molecule has 0 aliphatic heterocycles. The standard InChI is InChI=1S/C12H18N2O3/c1-2-6-9(13)10(15)14-12(11(16)17)7-4-3-5-8-12/h1,9H,3-8,13H2,(H,14,15)(H,16,17). The maximum atomic E-state index is 11.7. The van der Waals surface area contributed by atoms with Crippen LogP contribution in [0.4, 0.5) is 0 Å². The van der Waals surface area contributed by atoms with E-state index in [2.05, 4.69) is 11.2 Å². The SMILES string of the molecule is C#CCC(N)C(=O)NC1(C(=O)O)CCCCC1. The average Bonchev–Trinajstić information content (AvgIpc) is 2.30. The zero-order valence-corrected chi connectivity index (χ0v) is 9.74. The van der Waals surface area contributed by atoms with Crippen LogP contribution >= 0.6 is 0 Å².